The van der Waals surface area contributed by atoms with Crippen molar-refractivity contribution in [1.82, 2.24) is 9.55 Å². The first kappa shape index (κ1) is 9.33. The van der Waals surface area contributed by atoms with E-state index in [0.29, 0.717) is 13.2 Å². The van der Waals surface area contributed by atoms with Crippen LogP contribution in [-0.2, 0) is 21.8 Å². The van der Waals surface area contributed by atoms with Crippen molar-refractivity contribution in [2.45, 2.75) is 18.8 Å². The molecule has 1 aromatic rings. The molecule has 0 amide bonds. The summed E-state index contributed by atoms with van der Waals surface area (Å²) in [4.78, 5) is 4.41. The van der Waals surface area contributed by atoms with Crippen molar-refractivity contribution >= 4 is 31.9 Å². The summed E-state index contributed by atoms with van der Waals surface area (Å²) < 4.78 is 15.1. The van der Waals surface area contributed by atoms with Crippen LogP contribution in [0.2, 0.25) is 0 Å². The minimum absolute atomic E-state index is 0.575. The van der Waals surface area contributed by atoms with Gasteiger partial charge < -0.3 is 14.0 Å². The number of aromatic nitrogens is 2. The van der Waals surface area contributed by atoms with Gasteiger partial charge in [-0.2, -0.15) is 0 Å². The first-order chi connectivity index (χ1) is 6.73. The number of nitrogens with zero attached hydrogens (tertiary/aromatic N) is 2. The van der Waals surface area contributed by atoms with E-state index >= 15 is 0 Å². The Balaban J connectivity index is 2.13. The second-order valence-corrected chi connectivity index (χ2v) is 4.87. The van der Waals surface area contributed by atoms with Gasteiger partial charge in [0.1, 0.15) is 9.21 Å². The molecule has 2 aliphatic heterocycles. The van der Waals surface area contributed by atoms with E-state index in [1.54, 1.807) is 0 Å². The van der Waals surface area contributed by atoms with Crippen LogP contribution in [0.5, 0.6) is 0 Å². The van der Waals surface area contributed by atoms with Gasteiger partial charge in [0.05, 0.1) is 13.2 Å². The molecule has 0 aliphatic carbocycles. The number of imidazole rings is 1. The lowest BCUT2D eigenvalue weighted by Crippen LogP contribution is -2.24. The van der Waals surface area contributed by atoms with Crippen LogP contribution in [-0.4, -0.2) is 22.8 Å². The lowest BCUT2D eigenvalue weighted by Gasteiger charge is -2.18. The fourth-order valence-electron chi connectivity index (χ4n) is 2.00. The van der Waals surface area contributed by atoms with Gasteiger partial charge in [-0.15, -0.1) is 0 Å². The van der Waals surface area contributed by atoms with Crippen molar-refractivity contribution in [2.24, 2.45) is 0 Å². The van der Waals surface area contributed by atoms with Gasteiger partial charge in [-0.3, -0.25) is 0 Å². The first-order valence-corrected chi connectivity index (χ1v) is 6.01. The molecule has 0 atom stereocenters. The molecule has 0 saturated carbocycles. The molecule has 76 valence electrons. The van der Waals surface area contributed by atoms with Gasteiger partial charge in [0, 0.05) is 13.0 Å². The van der Waals surface area contributed by atoms with Crippen molar-refractivity contribution in [1.29, 1.82) is 0 Å². The van der Waals surface area contributed by atoms with Gasteiger partial charge in [0.25, 0.3) is 0 Å². The predicted octanol–water partition coefficient (Wildman–Crippen LogP) is 2.01. The maximum absolute atomic E-state index is 5.65. The van der Waals surface area contributed by atoms with Crippen molar-refractivity contribution in [3.63, 3.8) is 0 Å². The number of ether oxygens (including phenoxy) is 2. The van der Waals surface area contributed by atoms with Crippen molar-refractivity contribution in [2.75, 3.05) is 13.2 Å². The third-order valence-electron chi connectivity index (χ3n) is 2.63. The summed E-state index contributed by atoms with van der Waals surface area (Å²) >= 11 is 6.86. The zero-order valence-electron chi connectivity index (χ0n) is 7.30. The monoisotopic (exact) mass is 322 g/mol. The molecule has 0 bridgehead atoms. The van der Waals surface area contributed by atoms with E-state index in [2.05, 4.69) is 41.4 Å². The Morgan fingerprint density at radius 1 is 1.29 bits per heavy atom. The molecular formula is C8H8Br2N2O2. The van der Waals surface area contributed by atoms with Crippen LogP contribution in [0.3, 0.4) is 0 Å². The quantitative estimate of drug-likeness (QED) is 0.733. The smallest absolute Gasteiger partial charge is 0.230 e. The summed E-state index contributed by atoms with van der Waals surface area (Å²) in [6.45, 7) is 2.19. The molecule has 1 saturated heterocycles. The SMILES string of the molecule is Brc1nc2n(c1Br)CCC21OCCO1. The highest BCUT2D eigenvalue weighted by Gasteiger charge is 2.47. The van der Waals surface area contributed by atoms with Crippen molar-refractivity contribution in [3.05, 3.63) is 15.0 Å². The number of fused-ring (bicyclic) bond motifs is 2. The van der Waals surface area contributed by atoms with Crippen LogP contribution in [0.4, 0.5) is 0 Å². The summed E-state index contributed by atoms with van der Waals surface area (Å²) in [7, 11) is 0. The van der Waals surface area contributed by atoms with E-state index in [0.717, 1.165) is 28.0 Å². The van der Waals surface area contributed by atoms with Crippen LogP contribution in [0.15, 0.2) is 9.21 Å². The molecule has 3 rings (SSSR count). The van der Waals surface area contributed by atoms with Crippen LogP contribution >= 0.6 is 31.9 Å². The van der Waals surface area contributed by atoms with Gasteiger partial charge in [-0.05, 0) is 31.9 Å². The van der Waals surface area contributed by atoms with Gasteiger partial charge in [-0.25, -0.2) is 4.98 Å². The van der Waals surface area contributed by atoms with Crippen molar-refractivity contribution < 1.29 is 9.47 Å². The zero-order valence-corrected chi connectivity index (χ0v) is 10.5. The summed E-state index contributed by atoms with van der Waals surface area (Å²) in [5, 5.41) is 0. The predicted molar refractivity (Wildman–Crippen MR) is 55.8 cm³/mol. The number of hydrogen-bond acceptors (Lipinski definition) is 3. The molecule has 14 heavy (non-hydrogen) atoms. The van der Waals surface area contributed by atoms with Crippen LogP contribution in [0.1, 0.15) is 12.2 Å². The molecule has 0 unspecified atom stereocenters. The molecule has 3 heterocycles. The van der Waals surface area contributed by atoms with E-state index in [-0.39, 0.29) is 0 Å². The number of hydrogen-bond donors (Lipinski definition) is 0. The normalized spacial score (nSPS) is 23.3. The molecule has 1 fully saturated rings. The molecule has 2 aliphatic rings. The minimum atomic E-state index is -0.575. The van der Waals surface area contributed by atoms with Gasteiger partial charge in [0.2, 0.25) is 5.79 Å². The Bertz CT molecular complexity index is 385. The Kier molecular flexibility index (Phi) is 2.02. The lowest BCUT2D eigenvalue weighted by molar-refractivity contribution is -0.166. The Labute approximate surface area is 97.8 Å². The summed E-state index contributed by atoms with van der Waals surface area (Å²) in [6, 6.07) is 0. The third-order valence-corrected chi connectivity index (χ3v) is 4.51. The average Bonchev–Trinajstić information content (AvgIpc) is 2.82. The maximum atomic E-state index is 5.65. The maximum Gasteiger partial charge on any atom is 0.230 e. The van der Waals surface area contributed by atoms with Gasteiger partial charge in [-0.1, -0.05) is 0 Å². The molecule has 1 spiro atoms. The Hall–Kier alpha value is 0.0900. The molecular weight excluding hydrogens is 316 g/mol. The summed E-state index contributed by atoms with van der Waals surface area (Å²) in [6.07, 6.45) is 0.848. The highest BCUT2D eigenvalue weighted by molar-refractivity contribution is 9.13. The van der Waals surface area contributed by atoms with E-state index in [1.165, 1.54) is 0 Å². The largest absolute Gasteiger partial charge is 0.341 e. The van der Waals surface area contributed by atoms with Crippen LogP contribution in [0, 0.1) is 0 Å². The summed E-state index contributed by atoms with van der Waals surface area (Å²) in [5.41, 5.74) is 0. The third kappa shape index (κ3) is 1.08. The van der Waals surface area contributed by atoms with E-state index in [4.69, 9.17) is 9.47 Å². The molecule has 4 nitrogen and oxygen atoms in total. The Morgan fingerprint density at radius 2 is 2.00 bits per heavy atom. The van der Waals surface area contributed by atoms with E-state index in [1.807, 2.05) is 0 Å². The topological polar surface area (TPSA) is 36.3 Å². The minimum Gasteiger partial charge on any atom is -0.341 e. The first-order valence-electron chi connectivity index (χ1n) is 4.43. The average molecular weight is 324 g/mol. The highest BCUT2D eigenvalue weighted by Crippen LogP contribution is 2.42. The number of rotatable bonds is 0. The fourth-order valence-corrected chi connectivity index (χ4v) is 2.81. The molecule has 0 N–H and O–H groups in total. The highest BCUT2D eigenvalue weighted by atomic mass is 79.9. The van der Waals surface area contributed by atoms with Crippen LogP contribution < -0.4 is 0 Å². The number of halogens is 2. The van der Waals surface area contributed by atoms with Gasteiger partial charge in [0.15, 0.2) is 5.82 Å². The molecule has 0 aromatic carbocycles. The second-order valence-electron chi connectivity index (χ2n) is 3.37. The van der Waals surface area contributed by atoms with E-state index in [9.17, 15) is 0 Å². The standard InChI is InChI=1S/C8H8Br2N2O2/c9-5-6(10)12-2-1-8(7(12)11-5)13-3-4-14-8/h1-4H2. The fraction of sp³-hybridized carbons (Fsp3) is 0.625. The zero-order chi connectivity index (χ0) is 9.76. The lowest BCUT2D eigenvalue weighted by atomic mass is 10.2. The Morgan fingerprint density at radius 3 is 2.71 bits per heavy atom. The van der Waals surface area contributed by atoms with Gasteiger partial charge >= 0.3 is 0 Å². The molecule has 1 aromatic heterocycles. The molecule has 0 radical (unpaired) electrons. The summed E-state index contributed by atoms with van der Waals surface area (Å²) in [5.74, 6) is 0.294. The van der Waals surface area contributed by atoms with E-state index < -0.39 is 5.79 Å². The van der Waals surface area contributed by atoms with Crippen molar-refractivity contribution in [3.8, 4) is 0 Å². The second kappa shape index (κ2) is 3.04. The molecule has 6 heteroatoms. The van der Waals surface area contributed by atoms with Crippen LogP contribution in [0.25, 0.3) is 0 Å².